The molecule has 6 heteroatoms. The van der Waals surface area contributed by atoms with Crippen molar-refractivity contribution in [1.29, 1.82) is 5.26 Å². The summed E-state index contributed by atoms with van der Waals surface area (Å²) in [6.07, 6.45) is 0.363. The van der Waals surface area contributed by atoms with E-state index < -0.39 is 0 Å². The Hall–Kier alpha value is -3.07. The lowest BCUT2D eigenvalue weighted by molar-refractivity contribution is -0.886. The van der Waals surface area contributed by atoms with Gasteiger partial charge in [-0.25, -0.2) is 0 Å². The zero-order chi connectivity index (χ0) is 19.9. The number of furan rings is 1. The van der Waals surface area contributed by atoms with E-state index in [1.54, 1.807) is 0 Å². The first-order chi connectivity index (χ1) is 13.5. The van der Waals surface area contributed by atoms with E-state index in [2.05, 4.69) is 11.4 Å². The molecule has 0 spiro atoms. The zero-order valence-electron chi connectivity index (χ0n) is 15.5. The number of anilines is 1. The minimum absolute atomic E-state index is 0.0741. The Balaban J connectivity index is 1.52. The molecule has 1 amide bonds. The van der Waals surface area contributed by atoms with Gasteiger partial charge < -0.3 is 14.6 Å². The van der Waals surface area contributed by atoms with Crippen LogP contribution in [0.15, 0.2) is 65.1 Å². The molecule has 0 aliphatic carbocycles. The molecular formula is C22H21ClN3O2+. The molecular weight excluding hydrogens is 374 g/mol. The molecule has 3 rings (SSSR count). The van der Waals surface area contributed by atoms with Gasteiger partial charge in [-0.15, -0.1) is 0 Å². The Kier molecular flexibility index (Phi) is 6.49. The van der Waals surface area contributed by atoms with E-state index in [0.717, 1.165) is 33.2 Å². The molecule has 0 fully saturated rings. The maximum Gasteiger partial charge on any atom is 0.279 e. The number of hydrogen-bond acceptors (Lipinski definition) is 3. The molecule has 0 saturated heterocycles. The van der Waals surface area contributed by atoms with Crippen molar-refractivity contribution < 1.29 is 14.1 Å². The van der Waals surface area contributed by atoms with Crippen LogP contribution in [0, 0.1) is 11.3 Å². The molecule has 142 valence electrons. The number of hydrogen-bond donors (Lipinski definition) is 2. The van der Waals surface area contributed by atoms with E-state index >= 15 is 0 Å². The normalized spacial score (nSPS) is 11.6. The zero-order valence-corrected chi connectivity index (χ0v) is 16.3. The number of halogens is 1. The average Bonchev–Trinajstić information content (AvgIpc) is 3.12. The van der Waals surface area contributed by atoms with E-state index in [4.69, 9.17) is 21.3 Å². The van der Waals surface area contributed by atoms with Gasteiger partial charge in [0.15, 0.2) is 12.3 Å². The fraction of sp³-hybridized carbons (Fsp3) is 0.182. The minimum atomic E-state index is -0.0741. The van der Waals surface area contributed by atoms with Crippen LogP contribution in [0.5, 0.6) is 0 Å². The third kappa shape index (κ3) is 5.46. The fourth-order valence-electron chi connectivity index (χ4n) is 2.88. The van der Waals surface area contributed by atoms with Crippen LogP contribution in [-0.4, -0.2) is 19.5 Å². The average molecular weight is 395 g/mol. The Morgan fingerprint density at radius 2 is 1.82 bits per heavy atom. The summed E-state index contributed by atoms with van der Waals surface area (Å²) < 4.78 is 5.89. The van der Waals surface area contributed by atoms with Gasteiger partial charge >= 0.3 is 0 Å². The van der Waals surface area contributed by atoms with Gasteiger partial charge in [-0.3, -0.25) is 4.79 Å². The summed E-state index contributed by atoms with van der Waals surface area (Å²) in [5.74, 6) is 1.52. The lowest BCUT2D eigenvalue weighted by Gasteiger charge is -2.12. The molecule has 0 bridgehead atoms. The largest absolute Gasteiger partial charge is 0.455 e. The number of amides is 1. The molecule has 1 atom stereocenters. The topological polar surface area (TPSA) is 70.5 Å². The smallest absolute Gasteiger partial charge is 0.279 e. The van der Waals surface area contributed by atoms with Gasteiger partial charge in [0.1, 0.15) is 12.3 Å². The predicted molar refractivity (Wildman–Crippen MR) is 109 cm³/mol. The molecule has 5 nitrogen and oxygen atoms in total. The van der Waals surface area contributed by atoms with Crippen LogP contribution in [0.3, 0.4) is 0 Å². The van der Waals surface area contributed by atoms with Gasteiger partial charge in [0.25, 0.3) is 5.91 Å². The van der Waals surface area contributed by atoms with Crippen LogP contribution in [0.25, 0.3) is 11.3 Å². The van der Waals surface area contributed by atoms with Crippen molar-refractivity contribution in [3.05, 3.63) is 77.0 Å². The molecule has 0 aliphatic rings. The molecule has 28 heavy (non-hydrogen) atoms. The highest BCUT2D eigenvalue weighted by Gasteiger charge is 2.14. The lowest BCUT2D eigenvalue weighted by Crippen LogP contribution is -3.08. The summed E-state index contributed by atoms with van der Waals surface area (Å²) in [7, 11) is 1.94. The van der Waals surface area contributed by atoms with Gasteiger partial charge in [0.2, 0.25) is 0 Å². The Labute approximate surface area is 169 Å². The quantitative estimate of drug-likeness (QED) is 0.645. The summed E-state index contributed by atoms with van der Waals surface area (Å²) in [5, 5.41) is 12.3. The first-order valence-corrected chi connectivity index (χ1v) is 9.33. The number of carbonyl (C=O) groups is 1. The number of likely N-dealkylation sites (N-methyl/N-ethyl adjacent to an activating group) is 1. The minimum Gasteiger partial charge on any atom is -0.455 e. The first kappa shape index (κ1) is 19.7. The van der Waals surface area contributed by atoms with Gasteiger partial charge in [0.05, 0.1) is 19.5 Å². The number of quaternary nitrogens is 1. The van der Waals surface area contributed by atoms with Crippen LogP contribution in [-0.2, 0) is 17.8 Å². The third-order valence-corrected chi connectivity index (χ3v) is 4.50. The lowest BCUT2D eigenvalue weighted by atomic mass is 10.1. The Bertz CT molecular complexity index is 972. The molecule has 0 radical (unpaired) electrons. The molecule has 1 heterocycles. The van der Waals surface area contributed by atoms with Crippen LogP contribution in [0.1, 0.15) is 11.3 Å². The standard InChI is InChI=1S/C22H20ClN3O2/c1-26(15-22(27)25-19-8-2-16(3-9-19)12-13-24)14-20-10-11-21(28-20)17-4-6-18(23)7-5-17/h2-11H,12,14-15H2,1H3,(H,25,27)/p+1. The molecule has 2 N–H and O–H groups in total. The van der Waals surface area contributed by atoms with E-state index in [9.17, 15) is 4.79 Å². The van der Waals surface area contributed by atoms with Crippen LogP contribution in [0.2, 0.25) is 5.02 Å². The maximum atomic E-state index is 12.3. The van der Waals surface area contributed by atoms with Crippen molar-refractivity contribution >= 4 is 23.2 Å². The monoisotopic (exact) mass is 394 g/mol. The number of benzene rings is 2. The fourth-order valence-corrected chi connectivity index (χ4v) is 3.00. The number of nitrogens with one attached hydrogen (secondary N) is 2. The molecule has 1 unspecified atom stereocenters. The number of carbonyl (C=O) groups excluding carboxylic acids is 1. The second-order valence-electron chi connectivity index (χ2n) is 6.66. The summed E-state index contributed by atoms with van der Waals surface area (Å²) in [5.41, 5.74) is 2.62. The second-order valence-corrected chi connectivity index (χ2v) is 7.10. The SMILES string of the molecule is C[NH+](CC(=O)Nc1ccc(CC#N)cc1)Cc1ccc(-c2ccc(Cl)cc2)o1. The van der Waals surface area contributed by atoms with Crippen LogP contribution >= 0.6 is 11.6 Å². The highest BCUT2D eigenvalue weighted by Crippen LogP contribution is 2.23. The molecule has 0 aliphatic heterocycles. The first-order valence-electron chi connectivity index (χ1n) is 8.95. The summed E-state index contributed by atoms with van der Waals surface area (Å²) in [4.78, 5) is 13.3. The second kappa shape index (κ2) is 9.23. The van der Waals surface area contributed by atoms with Gasteiger partial charge in [-0.1, -0.05) is 23.7 Å². The van der Waals surface area contributed by atoms with Crippen LogP contribution in [0.4, 0.5) is 5.69 Å². The van der Waals surface area contributed by atoms with E-state index in [-0.39, 0.29) is 5.91 Å². The van der Waals surface area contributed by atoms with Gasteiger partial charge in [-0.2, -0.15) is 5.26 Å². The van der Waals surface area contributed by atoms with E-state index in [0.29, 0.717) is 24.5 Å². The van der Waals surface area contributed by atoms with Crippen molar-refractivity contribution in [2.24, 2.45) is 0 Å². The van der Waals surface area contributed by atoms with E-state index in [1.807, 2.05) is 67.7 Å². The highest BCUT2D eigenvalue weighted by molar-refractivity contribution is 6.30. The number of nitrogens with zero attached hydrogens (tertiary/aromatic N) is 1. The van der Waals surface area contributed by atoms with Crippen molar-refractivity contribution in [3.8, 4) is 17.4 Å². The van der Waals surface area contributed by atoms with Crippen LogP contribution < -0.4 is 10.2 Å². The summed E-state index contributed by atoms with van der Waals surface area (Å²) >= 11 is 5.92. The maximum absolute atomic E-state index is 12.3. The summed E-state index contributed by atoms with van der Waals surface area (Å²) in [6, 6.07) is 20.7. The predicted octanol–water partition coefficient (Wildman–Crippen LogP) is 3.32. The van der Waals surface area contributed by atoms with Crippen molar-refractivity contribution in [1.82, 2.24) is 0 Å². The highest BCUT2D eigenvalue weighted by atomic mass is 35.5. The molecule has 0 saturated carbocycles. The molecule has 2 aromatic carbocycles. The van der Waals surface area contributed by atoms with Crippen molar-refractivity contribution in [2.45, 2.75) is 13.0 Å². The third-order valence-electron chi connectivity index (χ3n) is 4.25. The number of rotatable bonds is 7. The summed E-state index contributed by atoms with van der Waals surface area (Å²) in [6.45, 7) is 0.916. The van der Waals surface area contributed by atoms with Crippen molar-refractivity contribution in [2.75, 3.05) is 18.9 Å². The number of nitriles is 1. The van der Waals surface area contributed by atoms with Gasteiger partial charge in [0, 0.05) is 16.3 Å². The molecule has 1 aromatic heterocycles. The molecule has 3 aromatic rings. The Morgan fingerprint density at radius 1 is 1.11 bits per heavy atom. The Morgan fingerprint density at radius 3 is 2.50 bits per heavy atom. The van der Waals surface area contributed by atoms with E-state index in [1.165, 1.54) is 0 Å². The van der Waals surface area contributed by atoms with Crippen molar-refractivity contribution in [3.63, 3.8) is 0 Å². The van der Waals surface area contributed by atoms with Gasteiger partial charge in [-0.05, 0) is 54.1 Å².